The summed E-state index contributed by atoms with van der Waals surface area (Å²) in [6, 6.07) is 0. The molecule has 0 amide bonds. The predicted molar refractivity (Wildman–Crippen MR) is 81.5 cm³/mol. The zero-order valence-electron chi connectivity index (χ0n) is 13.2. The molecule has 0 rings (SSSR count). The van der Waals surface area contributed by atoms with E-state index in [9.17, 15) is 19.2 Å². The molecule has 0 unspecified atom stereocenters. The molecule has 0 atom stereocenters. The Morgan fingerprint density at radius 2 is 0.760 bits per heavy atom. The van der Waals surface area contributed by atoms with Gasteiger partial charge in [0, 0.05) is 0 Å². The van der Waals surface area contributed by atoms with Crippen LogP contribution in [0, 0.1) is 0 Å². The summed E-state index contributed by atoms with van der Waals surface area (Å²) in [7, 11) is 0. The Labute approximate surface area is 146 Å². The molecular formula is C12H16GeN4O8. The van der Waals surface area contributed by atoms with E-state index < -0.39 is 14.6 Å². The van der Waals surface area contributed by atoms with Crippen molar-refractivity contribution < 1.29 is 34.2 Å². The SMILES string of the molecule is O=C=NCC[O][Ge]([O]CCN=C=O)([O]CCN=C=O)[O]CCN=C=O. The molecule has 0 N–H and O–H groups in total. The van der Waals surface area contributed by atoms with E-state index in [2.05, 4.69) is 20.0 Å². The van der Waals surface area contributed by atoms with E-state index in [1.165, 1.54) is 24.3 Å². The number of hydrogen-bond acceptors (Lipinski definition) is 12. The number of carbonyl (C=O) groups excluding carboxylic acids is 4. The topological polar surface area (TPSA) is 155 Å². The summed E-state index contributed by atoms with van der Waals surface area (Å²) in [5.74, 6) is 0. The van der Waals surface area contributed by atoms with Crippen molar-refractivity contribution in [1.82, 2.24) is 0 Å². The molecule has 0 spiro atoms. The first-order valence-electron chi connectivity index (χ1n) is 6.95. The molecule has 0 radical (unpaired) electrons. The average Bonchev–Trinajstić information content (AvgIpc) is 2.63. The molecule has 13 heteroatoms. The molecule has 136 valence electrons. The van der Waals surface area contributed by atoms with Crippen LogP contribution in [0.15, 0.2) is 20.0 Å². The number of hydrogen-bond donors (Lipinski definition) is 0. The molecule has 0 fully saturated rings. The standard InChI is InChI=1S/C12H16GeN4O8/c18-9-14-1-5-22-13(23-6-2-15-10-19,24-7-3-16-11-20)25-8-4-17-12-21/h1-8H2. The van der Waals surface area contributed by atoms with E-state index in [0.717, 1.165) is 0 Å². The second-order valence-corrected chi connectivity index (χ2v) is 8.31. The summed E-state index contributed by atoms with van der Waals surface area (Å²) in [4.78, 5) is 53.7. The molecule has 0 aliphatic carbocycles. The quantitative estimate of drug-likeness (QED) is 0.132. The first-order valence-corrected chi connectivity index (χ1v) is 10.4. The van der Waals surface area contributed by atoms with Gasteiger partial charge in [-0.2, -0.15) is 0 Å². The molecule has 0 aromatic carbocycles. The summed E-state index contributed by atoms with van der Waals surface area (Å²) in [5.41, 5.74) is 0. The maximum atomic E-state index is 10.1. The third kappa shape index (κ3) is 12.9. The summed E-state index contributed by atoms with van der Waals surface area (Å²) in [6.07, 6.45) is 5.41. The van der Waals surface area contributed by atoms with Crippen molar-refractivity contribution in [3.8, 4) is 0 Å². The third-order valence-corrected chi connectivity index (χ3v) is 6.87. The Morgan fingerprint density at radius 1 is 0.520 bits per heavy atom. The molecule has 0 saturated carbocycles. The van der Waals surface area contributed by atoms with Crippen LogP contribution in [-0.4, -0.2) is 91.5 Å². The molecule has 0 saturated heterocycles. The van der Waals surface area contributed by atoms with Crippen molar-refractivity contribution in [1.29, 1.82) is 0 Å². The minimum absolute atomic E-state index is 0.00193. The second kappa shape index (κ2) is 16.7. The van der Waals surface area contributed by atoms with Crippen molar-refractivity contribution in [3.63, 3.8) is 0 Å². The third-order valence-electron chi connectivity index (χ3n) is 2.19. The van der Waals surface area contributed by atoms with E-state index in [1.54, 1.807) is 0 Å². The number of aliphatic imine (C=N–C) groups is 4. The molecule has 0 aromatic rings. The normalized spacial score (nSPS) is 11.8. The van der Waals surface area contributed by atoms with Crippen LogP contribution in [0.4, 0.5) is 0 Å². The van der Waals surface area contributed by atoms with Crippen LogP contribution in [-0.2, 0) is 34.2 Å². The van der Waals surface area contributed by atoms with E-state index in [-0.39, 0.29) is 52.6 Å². The molecule has 25 heavy (non-hydrogen) atoms. The van der Waals surface area contributed by atoms with Gasteiger partial charge in [0.1, 0.15) is 0 Å². The molecule has 0 aliphatic heterocycles. The van der Waals surface area contributed by atoms with Gasteiger partial charge >= 0.3 is 146 Å². The second-order valence-electron chi connectivity index (χ2n) is 3.79. The summed E-state index contributed by atoms with van der Waals surface area (Å²) in [5, 5.41) is 0. The maximum absolute atomic E-state index is 10.1. The van der Waals surface area contributed by atoms with Gasteiger partial charge in [0.05, 0.1) is 0 Å². The van der Waals surface area contributed by atoms with Crippen LogP contribution < -0.4 is 0 Å². The van der Waals surface area contributed by atoms with E-state index >= 15 is 0 Å². The molecule has 0 heterocycles. The summed E-state index contributed by atoms with van der Waals surface area (Å²) >= 11 is -4.35. The molecule has 0 aliphatic rings. The van der Waals surface area contributed by atoms with Gasteiger partial charge in [0.15, 0.2) is 0 Å². The van der Waals surface area contributed by atoms with Gasteiger partial charge < -0.3 is 0 Å². The van der Waals surface area contributed by atoms with Crippen LogP contribution in [0.5, 0.6) is 0 Å². The Hall–Kier alpha value is -2.10. The zero-order chi connectivity index (χ0) is 18.6. The van der Waals surface area contributed by atoms with Crippen molar-refractivity contribution in [3.05, 3.63) is 0 Å². The van der Waals surface area contributed by atoms with Gasteiger partial charge in [-0.3, -0.25) is 0 Å². The number of isocyanates is 4. The van der Waals surface area contributed by atoms with Gasteiger partial charge in [-0.05, 0) is 0 Å². The number of rotatable bonds is 16. The van der Waals surface area contributed by atoms with Crippen molar-refractivity contribution in [2.24, 2.45) is 20.0 Å². The molecule has 12 nitrogen and oxygen atoms in total. The first-order chi connectivity index (χ1) is 12.2. The fourth-order valence-electron chi connectivity index (χ4n) is 1.30. The minimum atomic E-state index is -4.35. The zero-order valence-corrected chi connectivity index (χ0v) is 15.3. The van der Waals surface area contributed by atoms with Gasteiger partial charge in [0.25, 0.3) is 0 Å². The Kier molecular flexibility index (Phi) is 15.3. The van der Waals surface area contributed by atoms with Gasteiger partial charge in [-0.1, -0.05) is 0 Å². The fraction of sp³-hybridized carbons (Fsp3) is 0.667. The van der Waals surface area contributed by atoms with E-state index in [1.807, 2.05) is 0 Å². The van der Waals surface area contributed by atoms with Gasteiger partial charge in [-0.15, -0.1) is 0 Å². The van der Waals surface area contributed by atoms with Crippen LogP contribution in [0.25, 0.3) is 0 Å². The Balaban J connectivity index is 4.94. The van der Waals surface area contributed by atoms with Crippen molar-refractivity contribution >= 4 is 38.9 Å². The summed E-state index contributed by atoms with van der Waals surface area (Å²) in [6.45, 7) is -0.230. The molecule has 0 bridgehead atoms. The van der Waals surface area contributed by atoms with Gasteiger partial charge in [-0.25, -0.2) is 0 Å². The van der Waals surface area contributed by atoms with Crippen LogP contribution in [0.3, 0.4) is 0 Å². The predicted octanol–water partition coefficient (Wildman–Crippen LogP) is -1.17. The Morgan fingerprint density at radius 3 is 0.960 bits per heavy atom. The van der Waals surface area contributed by atoms with Crippen LogP contribution in [0.2, 0.25) is 0 Å². The Bertz CT molecular complexity index is 462. The van der Waals surface area contributed by atoms with E-state index in [4.69, 9.17) is 15.1 Å². The van der Waals surface area contributed by atoms with Gasteiger partial charge in [0.2, 0.25) is 0 Å². The van der Waals surface area contributed by atoms with Crippen molar-refractivity contribution in [2.75, 3.05) is 52.6 Å². The average molecular weight is 417 g/mol. The molecular weight excluding hydrogens is 401 g/mol. The van der Waals surface area contributed by atoms with Crippen LogP contribution >= 0.6 is 0 Å². The summed E-state index contributed by atoms with van der Waals surface area (Å²) < 4.78 is 22.0. The van der Waals surface area contributed by atoms with Crippen molar-refractivity contribution in [2.45, 2.75) is 0 Å². The first kappa shape index (κ1) is 22.9. The monoisotopic (exact) mass is 418 g/mol. The molecule has 0 aromatic heterocycles. The van der Waals surface area contributed by atoms with Crippen LogP contribution in [0.1, 0.15) is 0 Å². The number of nitrogens with zero attached hydrogens (tertiary/aromatic N) is 4. The van der Waals surface area contributed by atoms with E-state index in [0.29, 0.717) is 0 Å². The fourth-order valence-corrected chi connectivity index (χ4v) is 5.21.